The Hall–Kier alpha value is -2.46. The Morgan fingerprint density at radius 3 is 2.59 bits per heavy atom. The SMILES string of the molecule is CCC(OC)[C@H]1CC[C@H](N2CC(NC(=O)CNc3ncnc4ccc(C(F)(F)F)cc34)C2)CC1. The number of hydrogen-bond acceptors (Lipinski definition) is 6. The summed E-state index contributed by atoms with van der Waals surface area (Å²) in [4.78, 5) is 22.9. The van der Waals surface area contributed by atoms with Gasteiger partial charge in [0.2, 0.25) is 5.91 Å². The van der Waals surface area contributed by atoms with Gasteiger partial charge in [0.05, 0.1) is 29.8 Å². The number of anilines is 1. The minimum absolute atomic E-state index is 0.0700. The molecule has 2 aromatic rings. The topological polar surface area (TPSA) is 79.4 Å². The van der Waals surface area contributed by atoms with Gasteiger partial charge in [-0.1, -0.05) is 6.92 Å². The van der Waals surface area contributed by atoms with Crippen LogP contribution in [-0.4, -0.2) is 65.7 Å². The van der Waals surface area contributed by atoms with Crippen LogP contribution in [0.4, 0.5) is 19.0 Å². The van der Waals surface area contributed by atoms with Crippen molar-refractivity contribution in [3.05, 3.63) is 30.1 Å². The molecule has 1 saturated heterocycles. The number of halogens is 3. The van der Waals surface area contributed by atoms with Gasteiger partial charge in [-0.15, -0.1) is 0 Å². The number of ether oxygens (including phenoxy) is 1. The third-order valence-electron chi connectivity index (χ3n) is 7.14. The van der Waals surface area contributed by atoms with Gasteiger partial charge >= 0.3 is 6.18 Å². The number of rotatable bonds is 8. The fourth-order valence-corrected chi connectivity index (χ4v) is 5.25. The van der Waals surface area contributed by atoms with E-state index in [0.717, 1.165) is 44.5 Å². The van der Waals surface area contributed by atoms with Crippen molar-refractivity contribution in [1.82, 2.24) is 20.2 Å². The molecule has 0 bridgehead atoms. The van der Waals surface area contributed by atoms with Gasteiger partial charge in [-0.05, 0) is 56.2 Å². The van der Waals surface area contributed by atoms with Gasteiger partial charge < -0.3 is 15.4 Å². The van der Waals surface area contributed by atoms with E-state index in [1.54, 1.807) is 7.11 Å². The van der Waals surface area contributed by atoms with Gasteiger partial charge in [-0.3, -0.25) is 9.69 Å². The number of carbonyl (C=O) groups is 1. The molecule has 1 aliphatic carbocycles. The van der Waals surface area contributed by atoms with Gasteiger partial charge in [0.15, 0.2) is 0 Å². The van der Waals surface area contributed by atoms with Crippen molar-refractivity contribution in [2.24, 2.45) is 5.92 Å². The lowest BCUT2D eigenvalue weighted by Gasteiger charge is -2.47. The van der Waals surface area contributed by atoms with E-state index in [-0.39, 0.29) is 29.7 Å². The number of nitrogens with one attached hydrogen (secondary N) is 2. The zero-order chi connectivity index (χ0) is 24.3. The molecule has 2 fully saturated rings. The van der Waals surface area contributed by atoms with Crippen LogP contribution in [0.1, 0.15) is 44.6 Å². The third-order valence-corrected chi connectivity index (χ3v) is 7.14. The predicted molar refractivity (Wildman–Crippen MR) is 123 cm³/mol. The number of hydrogen-bond donors (Lipinski definition) is 2. The molecular weight excluding hydrogens is 447 g/mol. The molecule has 34 heavy (non-hydrogen) atoms. The summed E-state index contributed by atoms with van der Waals surface area (Å²) in [6.45, 7) is 3.76. The normalized spacial score (nSPS) is 22.9. The second-order valence-electron chi connectivity index (χ2n) is 9.27. The average Bonchev–Trinajstić information content (AvgIpc) is 2.80. The van der Waals surface area contributed by atoms with Gasteiger partial charge in [0, 0.05) is 31.6 Å². The number of nitrogens with zero attached hydrogens (tertiary/aromatic N) is 3. The standard InChI is InChI=1S/C24H32F3N5O2/c1-3-21(34-2)15-4-7-18(8-5-15)32-12-17(13-32)31-22(33)11-28-23-19-10-16(24(25,26)27)6-9-20(19)29-14-30-23/h6,9-10,14-15,17-18,21H,3-5,7-8,11-13H2,1-2H3,(H,31,33)(H,28,29,30)/t15-,18-,21?. The zero-order valence-corrected chi connectivity index (χ0v) is 19.6. The van der Waals surface area contributed by atoms with E-state index >= 15 is 0 Å². The number of amides is 1. The van der Waals surface area contributed by atoms with E-state index in [2.05, 4.69) is 32.4 Å². The van der Waals surface area contributed by atoms with Gasteiger partial charge in [0.25, 0.3) is 0 Å². The van der Waals surface area contributed by atoms with Gasteiger partial charge in [0.1, 0.15) is 12.1 Å². The molecule has 10 heteroatoms. The fourth-order valence-electron chi connectivity index (χ4n) is 5.25. The molecule has 7 nitrogen and oxygen atoms in total. The second-order valence-corrected chi connectivity index (χ2v) is 9.27. The fraction of sp³-hybridized carbons (Fsp3) is 0.625. The first-order chi connectivity index (χ1) is 16.3. The number of benzene rings is 1. The predicted octanol–water partition coefficient (Wildman–Crippen LogP) is 3.84. The highest BCUT2D eigenvalue weighted by Crippen LogP contribution is 2.34. The number of methoxy groups -OCH3 is 1. The molecule has 2 aliphatic rings. The molecule has 2 N–H and O–H groups in total. The lowest BCUT2D eigenvalue weighted by molar-refractivity contribution is -0.137. The summed E-state index contributed by atoms with van der Waals surface area (Å²) in [5, 5.41) is 6.09. The highest BCUT2D eigenvalue weighted by molar-refractivity contribution is 5.91. The first-order valence-electron chi connectivity index (χ1n) is 11.9. The quantitative estimate of drug-likeness (QED) is 0.599. The number of likely N-dealkylation sites (tertiary alicyclic amines) is 1. The molecule has 1 saturated carbocycles. The van der Waals surface area contributed by atoms with Crippen LogP contribution in [0.25, 0.3) is 10.9 Å². The number of carbonyl (C=O) groups excluding carboxylic acids is 1. The Morgan fingerprint density at radius 1 is 1.21 bits per heavy atom. The van der Waals surface area contributed by atoms with E-state index in [0.29, 0.717) is 23.6 Å². The molecule has 1 aliphatic heterocycles. The Morgan fingerprint density at radius 2 is 1.94 bits per heavy atom. The molecule has 1 aromatic carbocycles. The molecule has 0 radical (unpaired) electrons. The zero-order valence-electron chi connectivity index (χ0n) is 19.6. The van der Waals surface area contributed by atoms with Crippen molar-refractivity contribution in [3.8, 4) is 0 Å². The molecule has 1 aromatic heterocycles. The van der Waals surface area contributed by atoms with Crippen molar-refractivity contribution in [2.45, 2.75) is 63.4 Å². The van der Waals surface area contributed by atoms with Crippen LogP contribution in [0.2, 0.25) is 0 Å². The average molecular weight is 480 g/mol. The van der Waals surface area contributed by atoms with E-state index in [9.17, 15) is 18.0 Å². The Bertz CT molecular complexity index is 984. The monoisotopic (exact) mass is 479 g/mol. The van der Waals surface area contributed by atoms with Crippen LogP contribution < -0.4 is 10.6 Å². The number of aromatic nitrogens is 2. The Balaban J connectivity index is 1.24. The summed E-state index contributed by atoms with van der Waals surface area (Å²) < 4.78 is 44.8. The summed E-state index contributed by atoms with van der Waals surface area (Å²) in [6.07, 6.45) is 2.88. The first kappa shape index (κ1) is 24.7. The lowest BCUT2D eigenvalue weighted by Crippen LogP contribution is -2.63. The molecule has 1 atom stereocenters. The van der Waals surface area contributed by atoms with Crippen LogP contribution in [0.3, 0.4) is 0 Å². The molecular formula is C24H32F3N5O2. The van der Waals surface area contributed by atoms with Crippen molar-refractivity contribution in [1.29, 1.82) is 0 Å². The lowest BCUT2D eigenvalue weighted by atomic mass is 9.80. The van der Waals surface area contributed by atoms with Crippen molar-refractivity contribution in [2.75, 3.05) is 32.1 Å². The minimum atomic E-state index is -4.46. The highest BCUT2D eigenvalue weighted by atomic mass is 19.4. The molecule has 4 rings (SSSR count). The van der Waals surface area contributed by atoms with Gasteiger partial charge in [-0.25, -0.2) is 9.97 Å². The summed E-state index contributed by atoms with van der Waals surface area (Å²) in [5.41, 5.74) is -0.399. The maximum Gasteiger partial charge on any atom is 0.416 e. The number of fused-ring (bicyclic) bond motifs is 1. The summed E-state index contributed by atoms with van der Waals surface area (Å²) in [7, 11) is 1.80. The van der Waals surface area contributed by atoms with E-state index in [4.69, 9.17) is 4.74 Å². The maximum atomic E-state index is 13.1. The Kier molecular flexibility index (Phi) is 7.57. The van der Waals surface area contributed by atoms with E-state index in [1.807, 2.05) is 0 Å². The smallest absolute Gasteiger partial charge is 0.381 e. The van der Waals surface area contributed by atoms with Crippen molar-refractivity contribution < 1.29 is 22.7 Å². The molecule has 0 spiro atoms. The third kappa shape index (κ3) is 5.60. The summed E-state index contributed by atoms with van der Waals surface area (Å²) in [5.74, 6) is 0.636. The molecule has 1 unspecified atom stereocenters. The molecule has 1 amide bonds. The maximum absolute atomic E-state index is 13.1. The van der Waals surface area contributed by atoms with Crippen LogP contribution in [0.5, 0.6) is 0 Å². The second kappa shape index (κ2) is 10.4. The van der Waals surface area contributed by atoms with Crippen molar-refractivity contribution >= 4 is 22.6 Å². The minimum Gasteiger partial charge on any atom is -0.381 e. The van der Waals surface area contributed by atoms with E-state index < -0.39 is 11.7 Å². The highest BCUT2D eigenvalue weighted by Gasteiger charge is 2.36. The molecule has 186 valence electrons. The molecule has 2 heterocycles. The summed E-state index contributed by atoms with van der Waals surface area (Å²) >= 11 is 0. The Labute approximate surface area is 197 Å². The van der Waals surface area contributed by atoms with E-state index in [1.165, 1.54) is 25.2 Å². The van der Waals surface area contributed by atoms with Crippen molar-refractivity contribution in [3.63, 3.8) is 0 Å². The number of alkyl halides is 3. The summed E-state index contributed by atoms with van der Waals surface area (Å²) in [6, 6.07) is 3.95. The van der Waals surface area contributed by atoms with Gasteiger partial charge in [-0.2, -0.15) is 13.2 Å². The van der Waals surface area contributed by atoms with Crippen LogP contribution in [-0.2, 0) is 15.7 Å². The largest absolute Gasteiger partial charge is 0.416 e. The van der Waals surface area contributed by atoms with Crippen LogP contribution >= 0.6 is 0 Å². The first-order valence-corrected chi connectivity index (χ1v) is 11.9. The van der Waals surface area contributed by atoms with Crippen LogP contribution in [0, 0.1) is 5.92 Å². The van der Waals surface area contributed by atoms with Crippen LogP contribution in [0.15, 0.2) is 24.5 Å².